The molecule has 0 amide bonds. The van der Waals surface area contributed by atoms with Gasteiger partial charge >= 0.3 is 0 Å². The highest BCUT2D eigenvalue weighted by molar-refractivity contribution is 9.10. The van der Waals surface area contributed by atoms with E-state index in [1.54, 1.807) is 0 Å². The summed E-state index contributed by atoms with van der Waals surface area (Å²) in [5.41, 5.74) is 2.64. The molecule has 2 aromatic rings. The molecule has 3 nitrogen and oxygen atoms in total. The Morgan fingerprint density at radius 2 is 1.70 bits per heavy atom. The lowest BCUT2D eigenvalue weighted by molar-refractivity contribution is -0.670. The van der Waals surface area contributed by atoms with Crippen molar-refractivity contribution in [1.82, 2.24) is 0 Å². The Kier molecular flexibility index (Phi) is 4.23. The molecule has 1 heterocycles. The van der Waals surface area contributed by atoms with Crippen LogP contribution in [0.25, 0.3) is 0 Å². The Hall–Kier alpha value is -1.52. The zero-order chi connectivity index (χ0) is 13.8. The fourth-order valence-electron chi connectivity index (χ4n) is 2.25. The zero-order valence-corrected chi connectivity index (χ0v) is 12.7. The van der Waals surface area contributed by atoms with Gasteiger partial charge in [-0.1, -0.05) is 34.1 Å². The van der Waals surface area contributed by atoms with E-state index in [0.717, 1.165) is 35.5 Å². The fraction of sp³-hybridized carbons (Fsp3) is 0.250. The molecule has 1 aliphatic rings. The number of fused-ring (bicyclic) bond motifs is 1. The maximum atomic E-state index is 5.39. The quantitative estimate of drug-likeness (QED) is 0.852. The molecular weight excluding hydrogens is 318 g/mol. The van der Waals surface area contributed by atoms with Crippen molar-refractivity contribution in [2.24, 2.45) is 0 Å². The molecule has 0 spiro atoms. The summed E-state index contributed by atoms with van der Waals surface area (Å²) in [7, 11) is 0. The van der Waals surface area contributed by atoms with Crippen molar-refractivity contribution >= 4 is 15.9 Å². The standard InChI is InChI=1S/C16H16BrNO2/c17-14-4-1-13(2-5-14)10-18-8-7-12-3-6-15-16(9-12)20-11-19-15/h1-6,9,18H,7-8,10-11H2/p+1. The third-order valence-corrected chi connectivity index (χ3v) is 3.90. The first-order valence-electron chi connectivity index (χ1n) is 6.76. The van der Waals surface area contributed by atoms with Gasteiger partial charge in [0.25, 0.3) is 0 Å². The van der Waals surface area contributed by atoms with Gasteiger partial charge in [0, 0.05) is 16.5 Å². The van der Waals surface area contributed by atoms with Crippen molar-refractivity contribution in [2.75, 3.05) is 13.3 Å². The number of rotatable bonds is 5. The van der Waals surface area contributed by atoms with Crippen molar-refractivity contribution in [2.45, 2.75) is 13.0 Å². The molecule has 0 aromatic heterocycles. The number of quaternary nitrogens is 1. The van der Waals surface area contributed by atoms with E-state index in [1.807, 2.05) is 6.07 Å². The maximum Gasteiger partial charge on any atom is 0.231 e. The third kappa shape index (κ3) is 3.32. The summed E-state index contributed by atoms with van der Waals surface area (Å²) in [6, 6.07) is 14.7. The molecular formula is C16H17BrNO2+. The van der Waals surface area contributed by atoms with Crippen LogP contribution in [-0.2, 0) is 13.0 Å². The number of hydrogen-bond acceptors (Lipinski definition) is 2. The maximum absolute atomic E-state index is 5.39. The lowest BCUT2D eigenvalue weighted by atomic mass is 10.1. The van der Waals surface area contributed by atoms with Crippen molar-refractivity contribution in [3.8, 4) is 11.5 Å². The van der Waals surface area contributed by atoms with Crippen LogP contribution < -0.4 is 14.8 Å². The Morgan fingerprint density at radius 3 is 2.55 bits per heavy atom. The SMILES string of the molecule is Brc1ccc(C[NH2+]CCc2ccc3c(c2)OCO3)cc1. The number of ether oxygens (including phenoxy) is 2. The van der Waals surface area contributed by atoms with Gasteiger partial charge in [0.2, 0.25) is 6.79 Å². The predicted molar refractivity (Wildman–Crippen MR) is 80.9 cm³/mol. The number of nitrogens with two attached hydrogens (primary N) is 1. The van der Waals surface area contributed by atoms with Gasteiger partial charge in [-0.25, -0.2) is 0 Å². The molecule has 0 saturated heterocycles. The third-order valence-electron chi connectivity index (χ3n) is 3.37. The highest BCUT2D eigenvalue weighted by Gasteiger charge is 2.13. The molecule has 3 rings (SSSR count). The van der Waals surface area contributed by atoms with E-state index in [1.165, 1.54) is 11.1 Å². The van der Waals surface area contributed by atoms with E-state index >= 15 is 0 Å². The number of benzene rings is 2. The van der Waals surface area contributed by atoms with Gasteiger partial charge in [0.1, 0.15) is 6.54 Å². The second-order valence-electron chi connectivity index (χ2n) is 4.85. The molecule has 20 heavy (non-hydrogen) atoms. The summed E-state index contributed by atoms with van der Waals surface area (Å²) in [5.74, 6) is 1.73. The first kappa shape index (κ1) is 13.5. The van der Waals surface area contributed by atoms with Crippen molar-refractivity contribution in [1.29, 1.82) is 0 Å². The second kappa shape index (κ2) is 6.29. The molecule has 4 heteroatoms. The van der Waals surface area contributed by atoms with Gasteiger partial charge < -0.3 is 14.8 Å². The average Bonchev–Trinajstić information content (AvgIpc) is 2.93. The van der Waals surface area contributed by atoms with Crippen LogP contribution in [0.2, 0.25) is 0 Å². The molecule has 2 N–H and O–H groups in total. The van der Waals surface area contributed by atoms with Gasteiger partial charge in [-0.05, 0) is 29.8 Å². The predicted octanol–water partition coefficient (Wildman–Crippen LogP) is 2.48. The first-order chi connectivity index (χ1) is 9.81. The van der Waals surface area contributed by atoms with Gasteiger partial charge in [-0.2, -0.15) is 0 Å². The molecule has 0 radical (unpaired) electrons. The van der Waals surface area contributed by atoms with Crippen LogP contribution >= 0.6 is 15.9 Å². The van der Waals surface area contributed by atoms with Gasteiger partial charge in [-0.3, -0.25) is 0 Å². The minimum atomic E-state index is 0.342. The van der Waals surface area contributed by atoms with E-state index in [4.69, 9.17) is 9.47 Å². The summed E-state index contributed by atoms with van der Waals surface area (Å²) in [6.45, 7) is 2.42. The van der Waals surface area contributed by atoms with Crippen LogP contribution in [0.4, 0.5) is 0 Å². The summed E-state index contributed by atoms with van der Waals surface area (Å²) in [6.07, 6.45) is 1.03. The van der Waals surface area contributed by atoms with E-state index in [9.17, 15) is 0 Å². The highest BCUT2D eigenvalue weighted by atomic mass is 79.9. The van der Waals surface area contributed by atoms with Gasteiger partial charge in [0.15, 0.2) is 11.5 Å². The lowest BCUT2D eigenvalue weighted by Crippen LogP contribution is -2.83. The average molecular weight is 335 g/mol. The lowest BCUT2D eigenvalue weighted by Gasteiger charge is -2.04. The van der Waals surface area contributed by atoms with Crippen molar-refractivity contribution in [3.05, 3.63) is 58.1 Å². The van der Waals surface area contributed by atoms with Crippen LogP contribution in [0.1, 0.15) is 11.1 Å². The van der Waals surface area contributed by atoms with Gasteiger partial charge in [0.05, 0.1) is 6.54 Å². The molecule has 0 unspecified atom stereocenters. The largest absolute Gasteiger partial charge is 0.454 e. The van der Waals surface area contributed by atoms with Crippen LogP contribution in [-0.4, -0.2) is 13.3 Å². The number of halogens is 1. The molecule has 104 valence electrons. The monoisotopic (exact) mass is 334 g/mol. The van der Waals surface area contributed by atoms with E-state index in [0.29, 0.717) is 6.79 Å². The summed E-state index contributed by atoms with van der Waals surface area (Å²) < 4.78 is 11.8. The van der Waals surface area contributed by atoms with Gasteiger partial charge in [-0.15, -0.1) is 0 Å². The van der Waals surface area contributed by atoms with E-state index in [2.05, 4.69) is 57.6 Å². The van der Waals surface area contributed by atoms with Crippen molar-refractivity contribution < 1.29 is 14.8 Å². The second-order valence-corrected chi connectivity index (χ2v) is 5.76. The first-order valence-corrected chi connectivity index (χ1v) is 7.55. The molecule has 0 bridgehead atoms. The minimum absolute atomic E-state index is 0.342. The molecule has 0 saturated carbocycles. The van der Waals surface area contributed by atoms with Crippen LogP contribution in [0.15, 0.2) is 46.9 Å². The Bertz CT molecular complexity index is 584. The summed E-state index contributed by atoms with van der Waals surface area (Å²) in [5, 5.41) is 2.33. The van der Waals surface area contributed by atoms with E-state index < -0.39 is 0 Å². The molecule has 2 aromatic carbocycles. The smallest absolute Gasteiger partial charge is 0.231 e. The topological polar surface area (TPSA) is 35.1 Å². The molecule has 0 atom stereocenters. The Morgan fingerprint density at radius 1 is 0.950 bits per heavy atom. The van der Waals surface area contributed by atoms with Crippen LogP contribution in [0.5, 0.6) is 11.5 Å². The zero-order valence-electron chi connectivity index (χ0n) is 11.1. The van der Waals surface area contributed by atoms with Crippen LogP contribution in [0, 0.1) is 0 Å². The van der Waals surface area contributed by atoms with Crippen molar-refractivity contribution in [3.63, 3.8) is 0 Å². The number of hydrogen-bond donors (Lipinski definition) is 1. The van der Waals surface area contributed by atoms with Crippen LogP contribution in [0.3, 0.4) is 0 Å². The fourth-order valence-corrected chi connectivity index (χ4v) is 2.52. The highest BCUT2D eigenvalue weighted by Crippen LogP contribution is 2.32. The Balaban J connectivity index is 1.47. The summed E-state index contributed by atoms with van der Waals surface area (Å²) >= 11 is 3.45. The molecule has 0 fully saturated rings. The summed E-state index contributed by atoms with van der Waals surface area (Å²) in [4.78, 5) is 0. The molecule has 0 aliphatic carbocycles. The minimum Gasteiger partial charge on any atom is -0.454 e. The molecule has 1 aliphatic heterocycles. The Labute approximate surface area is 127 Å². The van der Waals surface area contributed by atoms with E-state index in [-0.39, 0.29) is 0 Å². The normalized spacial score (nSPS) is 12.7.